The lowest BCUT2D eigenvalue weighted by molar-refractivity contribution is -0.129. The van der Waals surface area contributed by atoms with E-state index < -0.39 is 0 Å². The minimum Gasteiger partial charge on any atom is -0.497 e. The first-order chi connectivity index (χ1) is 12.0. The normalized spacial score (nSPS) is 10.5. The van der Waals surface area contributed by atoms with Gasteiger partial charge in [-0.25, -0.2) is 4.39 Å². The Morgan fingerprint density at radius 1 is 1.12 bits per heavy atom. The van der Waals surface area contributed by atoms with Gasteiger partial charge in [-0.3, -0.25) is 9.59 Å². The Hall–Kier alpha value is -3.15. The van der Waals surface area contributed by atoms with E-state index in [1.807, 2.05) is 0 Å². The Bertz CT molecular complexity index is 755. The molecule has 5 nitrogen and oxygen atoms in total. The van der Waals surface area contributed by atoms with Crippen LogP contribution in [0.2, 0.25) is 0 Å². The summed E-state index contributed by atoms with van der Waals surface area (Å²) in [4.78, 5) is 25.3. The number of hydrogen-bond donors (Lipinski definition) is 1. The number of nitrogens with zero attached hydrogens (tertiary/aromatic N) is 1. The number of anilines is 1. The Balaban J connectivity index is 1.86. The number of hydrogen-bond acceptors (Lipinski definition) is 3. The molecule has 0 aromatic heterocycles. The van der Waals surface area contributed by atoms with E-state index in [0.29, 0.717) is 17.0 Å². The maximum Gasteiger partial charge on any atom is 0.246 e. The van der Waals surface area contributed by atoms with Gasteiger partial charge < -0.3 is 15.0 Å². The number of benzene rings is 2. The van der Waals surface area contributed by atoms with E-state index >= 15 is 0 Å². The van der Waals surface area contributed by atoms with Crippen molar-refractivity contribution in [3.63, 3.8) is 0 Å². The van der Waals surface area contributed by atoms with Crippen LogP contribution in [0.4, 0.5) is 10.1 Å². The van der Waals surface area contributed by atoms with Crippen LogP contribution in [0.15, 0.2) is 54.6 Å². The first kappa shape index (κ1) is 18.2. The van der Waals surface area contributed by atoms with Crippen LogP contribution in [-0.2, 0) is 9.59 Å². The SMILES string of the molecule is COc1ccc(NC(=O)CN(C)C(=O)/C=C/c2ccc(F)cc2)cc1. The highest BCUT2D eigenvalue weighted by molar-refractivity contribution is 5.97. The Morgan fingerprint density at radius 2 is 1.76 bits per heavy atom. The van der Waals surface area contributed by atoms with Crippen molar-refractivity contribution in [2.45, 2.75) is 0 Å². The maximum absolute atomic E-state index is 12.8. The van der Waals surface area contributed by atoms with Crippen LogP contribution in [0.3, 0.4) is 0 Å². The summed E-state index contributed by atoms with van der Waals surface area (Å²) in [7, 11) is 3.10. The van der Waals surface area contributed by atoms with Crippen molar-refractivity contribution in [3.05, 3.63) is 66.0 Å². The van der Waals surface area contributed by atoms with E-state index in [9.17, 15) is 14.0 Å². The maximum atomic E-state index is 12.8. The zero-order valence-electron chi connectivity index (χ0n) is 14.0. The van der Waals surface area contributed by atoms with E-state index in [-0.39, 0.29) is 24.2 Å². The van der Waals surface area contributed by atoms with Crippen molar-refractivity contribution in [2.75, 3.05) is 26.0 Å². The molecule has 0 saturated heterocycles. The van der Waals surface area contributed by atoms with Gasteiger partial charge in [0.1, 0.15) is 11.6 Å². The lowest BCUT2D eigenvalue weighted by atomic mass is 10.2. The van der Waals surface area contributed by atoms with Crippen LogP contribution in [-0.4, -0.2) is 37.4 Å². The van der Waals surface area contributed by atoms with Crippen molar-refractivity contribution in [2.24, 2.45) is 0 Å². The zero-order valence-corrected chi connectivity index (χ0v) is 14.0. The molecule has 0 bridgehead atoms. The summed E-state index contributed by atoms with van der Waals surface area (Å²) in [5.41, 5.74) is 1.32. The van der Waals surface area contributed by atoms with Gasteiger partial charge in [-0.05, 0) is 48.0 Å². The number of carbonyl (C=O) groups is 2. The molecule has 0 aliphatic heterocycles. The second-order valence-electron chi connectivity index (χ2n) is 5.36. The third-order valence-electron chi connectivity index (χ3n) is 3.42. The van der Waals surface area contributed by atoms with Gasteiger partial charge in [0.05, 0.1) is 13.7 Å². The van der Waals surface area contributed by atoms with Crippen molar-refractivity contribution in [3.8, 4) is 5.75 Å². The van der Waals surface area contributed by atoms with Crippen LogP contribution in [0.25, 0.3) is 6.08 Å². The van der Waals surface area contributed by atoms with E-state index in [4.69, 9.17) is 4.74 Å². The van der Waals surface area contributed by atoms with Gasteiger partial charge >= 0.3 is 0 Å². The molecule has 0 heterocycles. The predicted molar refractivity (Wildman–Crippen MR) is 94.7 cm³/mol. The van der Waals surface area contributed by atoms with Gasteiger partial charge in [-0.15, -0.1) is 0 Å². The lowest BCUT2D eigenvalue weighted by Crippen LogP contribution is -2.33. The van der Waals surface area contributed by atoms with Gasteiger partial charge in [0, 0.05) is 18.8 Å². The monoisotopic (exact) mass is 342 g/mol. The summed E-state index contributed by atoms with van der Waals surface area (Å²) in [6.45, 7) is -0.0847. The van der Waals surface area contributed by atoms with Crippen LogP contribution in [0.5, 0.6) is 5.75 Å². The quantitative estimate of drug-likeness (QED) is 0.821. The summed E-state index contributed by atoms with van der Waals surface area (Å²) in [5, 5.41) is 2.70. The highest BCUT2D eigenvalue weighted by atomic mass is 19.1. The third kappa shape index (κ3) is 5.76. The van der Waals surface area contributed by atoms with Gasteiger partial charge in [0.25, 0.3) is 0 Å². The number of methoxy groups -OCH3 is 1. The fraction of sp³-hybridized carbons (Fsp3) is 0.158. The Kier molecular flexibility index (Phi) is 6.28. The summed E-state index contributed by atoms with van der Waals surface area (Å²) >= 11 is 0. The molecular weight excluding hydrogens is 323 g/mol. The average molecular weight is 342 g/mol. The van der Waals surface area contributed by atoms with Crippen LogP contribution in [0.1, 0.15) is 5.56 Å². The molecule has 0 aliphatic carbocycles. The molecule has 130 valence electrons. The molecule has 0 fully saturated rings. The van der Waals surface area contributed by atoms with E-state index in [1.54, 1.807) is 49.6 Å². The fourth-order valence-corrected chi connectivity index (χ4v) is 2.04. The predicted octanol–water partition coefficient (Wildman–Crippen LogP) is 2.94. The Labute approximate surface area is 145 Å². The number of nitrogens with one attached hydrogen (secondary N) is 1. The van der Waals surface area contributed by atoms with E-state index in [2.05, 4.69) is 5.32 Å². The molecular formula is C19H19FN2O3. The second-order valence-corrected chi connectivity index (χ2v) is 5.36. The minimum absolute atomic E-state index is 0.0847. The first-order valence-electron chi connectivity index (χ1n) is 7.60. The summed E-state index contributed by atoms with van der Waals surface area (Å²) in [5.74, 6) is -0.280. The molecule has 0 atom stereocenters. The first-order valence-corrected chi connectivity index (χ1v) is 7.60. The third-order valence-corrected chi connectivity index (χ3v) is 3.42. The Morgan fingerprint density at radius 3 is 2.36 bits per heavy atom. The van der Waals surface area contributed by atoms with Crippen LogP contribution in [0, 0.1) is 5.82 Å². The van der Waals surface area contributed by atoms with Crippen LogP contribution < -0.4 is 10.1 Å². The number of halogens is 1. The topological polar surface area (TPSA) is 58.6 Å². The van der Waals surface area contributed by atoms with Crippen molar-refractivity contribution >= 4 is 23.6 Å². The van der Waals surface area contributed by atoms with Crippen molar-refractivity contribution < 1.29 is 18.7 Å². The molecule has 2 aromatic carbocycles. The van der Waals surface area contributed by atoms with Gasteiger partial charge in [0.2, 0.25) is 11.8 Å². The molecule has 0 aliphatic rings. The summed E-state index contributed by atoms with van der Waals surface area (Å²) in [6.07, 6.45) is 2.91. The molecule has 0 unspecified atom stereocenters. The van der Waals surface area contributed by atoms with Crippen molar-refractivity contribution in [1.29, 1.82) is 0 Å². The molecule has 25 heavy (non-hydrogen) atoms. The molecule has 2 rings (SSSR count). The van der Waals surface area contributed by atoms with Gasteiger partial charge in [-0.2, -0.15) is 0 Å². The smallest absolute Gasteiger partial charge is 0.246 e. The summed E-state index contributed by atoms with van der Waals surface area (Å²) < 4.78 is 17.9. The van der Waals surface area contributed by atoms with E-state index in [1.165, 1.54) is 30.2 Å². The van der Waals surface area contributed by atoms with E-state index in [0.717, 1.165) is 0 Å². The average Bonchev–Trinajstić information content (AvgIpc) is 2.61. The molecule has 0 saturated carbocycles. The molecule has 6 heteroatoms. The lowest BCUT2D eigenvalue weighted by Gasteiger charge is -2.15. The second kappa shape index (κ2) is 8.63. The van der Waals surface area contributed by atoms with Crippen LogP contribution >= 0.6 is 0 Å². The minimum atomic E-state index is -0.337. The molecule has 0 radical (unpaired) electrons. The standard InChI is InChI=1S/C19H19FN2O3/c1-22(19(24)12-5-14-3-6-15(20)7-4-14)13-18(23)21-16-8-10-17(25-2)11-9-16/h3-12H,13H2,1-2H3,(H,21,23)/b12-5+. The summed E-state index contributed by atoms with van der Waals surface area (Å²) in [6, 6.07) is 12.7. The highest BCUT2D eigenvalue weighted by Crippen LogP contribution is 2.14. The van der Waals surface area contributed by atoms with Gasteiger partial charge in [0.15, 0.2) is 0 Å². The molecule has 0 spiro atoms. The number of ether oxygens (including phenoxy) is 1. The number of carbonyl (C=O) groups excluding carboxylic acids is 2. The number of rotatable bonds is 6. The molecule has 2 aromatic rings. The highest BCUT2D eigenvalue weighted by Gasteiger charge is 2.10. The fourth-order valence-electron chi connectivity index (χ4n) is 2.04. The number of amides is 2. The number of likely N-dealkylation sites (N-methyl/N-ethyl adjacent to an activating group) is 1. The van der Waals surface area contributed by atoms with Crippen molar-refractivity contribution in [1.82, 2.24) is 4.90 Å². The van der Waals surface area contributed by atoms with Gasteiger partial charge in [-0.1, -0.05) is 12.1 Å². The molecule has 1 N–H and O–H groups in total. The zero-order chi connectivity index (χ0) is 18.2. The largest absolute Gasteiger partial charge is 0.497 e. The molecule has 2 amide bonds.